The summed E-state index contributed by atoms with van der Waals surface area (Å²) >= 11 is 0. The lowest BCUT2D eigenvalue weighted by atomic mass is 9.77. The van der Waals surface area contributed by atoms with Crippen LogP contribution in [-0.2, 0) is 4.79 Å². The molecule has 0 aliphatic heterocycles. The number of hydrogen-bond acceptors (Lipinski definition) is 1. The molecule has 1 aliphatic rings. The van der Waals surface area contributed by atoms with Gasteiger partial charge in [0.15, 0.2) is 0 Å². The maximum absolute atomic E-state index is 11.7. The average Bonchev–Trinajstić information content (AvgIpc) is 2.23. The SMILES string of the molecule is CC#CCCC1CC(CCC)CCC1=O. The molecule has 2 unspecified atom stereocenters. The van der Waals surface area contributed by atoms with Crippen LogP contribution in [0.1, 0.15) is 58.8 Å². The highest BCUT2D eigenvalue weighted by atomic mass is 16.1. The van der Waals surface area contributed by atoms with E-state index in [1.807, 2.05) is 6.92 Å². The summed E-state index contributed by atoms with van der Waals surface area (Å²) in [4.78, 5) is 11.7. The molecular weight excluding hydrogens is 184 g/mol. The maximum atomic E-state index is 11.7. The highest BCUT2D eigenvalue weighted by Gasteiger charge is 2.27. The smallest absolute Gasteiger partial charge is 0.136 e. The van der Waals surface area contributed by atoms with Crippen molar-refractivity contribution < 1.29 is 4.79 Å². The summed E-state index contributed by atoms with van der Waals surface area (Å²) in [6.07, 6.45) is 7.49. The lowest BCUT2D eigenvalue weighted by Crippen LogP contribution is -2.24. The van der Waals surface area contributed by atoms with Gasteiger partial charge in [-0.2, -0.15) is 0 Å². The molecule has 0 N–H and O–H groups in total. The van der Waals surface area contributed by atoms with Crippen molar-refractivity contribution in [2.75, 3.05) is 0 Å². The Morgan fingerprint density at radius 3 is 2.87 bits per heavy atom. The Hall–Kier alpha value is -0.770. The minimum atomic E-state index is 0.316. The molecule has 0 heterocycles. The van der Waals surface area contributed by atoms with Gasteiger partial charge >= 0.3 is 0 Å². The Labute approximate surface area is 93.6 Å². The molecular formula is C14H22O. The highest BCUT2D eigenvalue weighted by Crippen LogP contribution is 2.31. The van der Waals surface area contributed by atoms with E-state index in [9.17, 15) is 4.79 Å². The van der Waals surface area contributed by atoms with E-state index < -0.39 is 0 Å². The summed E-state index contributed by atoms with van der Waals surface area (Å²) in [6.45, 7) is 4.09. The number of Topliss-reactive ketones (excluding diaryl/α,β-unsaturated/α-hetero) is 1. The van der Waals surface area contributed by atoms with Gasteiger partial charge in [0.1, 0.15) is 5.78 Å². The van der Waals surface area contributed by atoms with Crippen molar-refractivity contribution in [2.45, 2.75) is 58.8 Å². The van der Waals surface area contributed by atoms with E-state index in [4.69, 9.17) is 0 Å². The van der Waals surface area contributed by atoms with E-state index in [2.05, 4.69) is 18.8 Å². The molecule has 1 saturated carbocycles. The van der Waals surface area contributed by atoms with E-state index in [0.29, 0.717) is 11.7 Å². The largest absolute Gasteiger partial charge is 0.299 e. The molecule has 0 saturated heterocycles. The van der Waals surface area contributed by atoms with Gasteiger partial charge in [0, 0.05) is 18.8 Å². The molecule has 1 fully saturated rings. The zero-order valence-electron chi connectivity index (χ0n) is 10.0. The third-order valence-corrected chi connectivity index (χ3v) is 3.36. The van der Waals surface area contributed by atoms with Crippen LogP contribution in [-0.4, -0.2) is 5.78 Å². The van der Waals surface area contributed by atoms with Crippen molar-refractivity contribution in [3.8, 4) is 11.8 Å². The third kappa shape index (κ3) is 4.08. The Kier molecular flexibility index (Phi) is 5.47. The maximum Gasteiger partial charge on any atom is 0.136 e. The second-order valence-electron chi connectivity index (χ2n) is 4.56. The molecule has 84 valence electrons. The van der Waals surface area contributed by atoms with Crippen LogP contribution in [0.5, 0.6) is 0 Å². The van der Waals surface area contributed by atoms with Crippen molar-refractivity contribution in [3.05, 3.63) is 0 Å². The summed E-state index contributed by atoms with van der Waals surface area (Å²) in [5.74, 6) is 7.56. The molecule has 1 nitrogen and oxygen atoms in total. The van der Waals surface area contributed by atoms with Crippen LogP contribution >= 0.6 is 0 Å². The van der Waals surface area contributed by atoms with Crippen LogP contribution in [0.25, 0.3) is 0 Å². The predicted molar refractivity (Wildman–Crippen MR) is 63.4 cm³/mol. The molecule has 0 amide bonds. The van der Waals surface area contributed by atoms with Crippen LogP contribution in [0.4, 0.5) is 0 Å². The molecule has 0 bridgehead atoms. The van der Waals surface area contributed by atoms with Crippen molar-refractivity contribution in [3.63, 3.8) is 0 Å². The highest BCUT2D eigenvalue weighted by molar-refractivity contribution is 5.81. The summed E-state index contributed by atoms with van der Waals surface area (Å²) < 4.78 is 0. The number of ketones is 1. The fraction of sp³-hybridized carbons (Fsp3) is 0.786. The van der Waals surface area contributed by atoms with E-state index >= 15 is 0 Å². The second-order valence-corrected chi connectivity index (χ2v) is 4.56. The fourth-order valence-electron chi connectivity index (χ4n) is 2.52. The van der Waals surface area contributed by atoms with E-state index in [1.54, 1.807) is 0 Å². The Bertz CT molecular complexity index is 256. The topological polar surface area (TPSA) is 17.1 Å². The van der Waals surface area contributed by atoms with Gasteiger partial charge in [-0.15, -0.1) is 11.8 Å². The summed E-state index contributed by atoms with van der Waals surface area (Å²) in [6, 6.07) is 0. The number of hydrogen-bond donors (Lipinski definition) is 0. The Morgan fingerprint density at radius 1 is 1.40 bits per heavy atom. The van der Waals surface area contributed by atoms with Crippen LogP contribution in [0, 0.1) is 23.7 Å². The second kappa shape index (κ2) is 6.67. The molecule has 0 aromatic rings. The van der Waals surface area contributed by atoms with Crippen molar-refractivity contribution in [1.29, 1.82) is 0 Å². The third-order valence-electron chi connectivity index (χ3n) is 3.36. The lowest BCUT2D eigenvalue weighted by Gasteiger charge is -2.27. The van der Waals surface area contributed by atoms with Gasteiger partial charge < -0.3 is 0 Å². The van der Waals surface area contributed by atoms with Crippen molar-refractivity contribution in [1.82, 2.24) is 0 Å². The first-order chi connectivity index (χ1) is 7.27. The van der Waals surface area contributed by atoms with Gasteiger partial charge in [-0.25, -0.2) is 0 Å². The summed E-state index contributed by atoms with van der Waals surface area (Å²) in [5.41, 5.74) is 0. The van der Waals surface area contributed by atoms with Gasteiger partial charge in [0.05, 0.1) is 0 Å². The van der Waals surface area contributed by atoms with Gasteiger partial charge in [-0.3, -0.25) is 4.79 Å². The first-order valence-corrected chi connectivity index (χ1v) is 6.20. The molecule has 1 heteroatoms. The summed E-state index contributed by atoms with van der Waals surface area (Å²) in [5, 5.41) is 0. The zero-order valence-corrected chi connectivity index (χ0v) is 10.0. The number of carbonyl (C=O) groups is 1. The van der Waals surface area contributed by atoms with Crippen LogP contribution in [0.3, 0.4) is 0 Å². The van der Waals surface area contributed by atoms with Crippen LogP contribution in [0.2, 0.25) is 0 Å². The van der Waals surface area contributed by atoms with Crippen molar-refractivity contribution in [2.24, 2.45) is 11.8 Å². The average molecular weight is 206 g/mol. The number of carbonyl (C=O) groups excluding carboxylic acids is 1. The quantitative estimate of drug-likeness (QED) is 0.643. The zero-order chi connectivity index (χ0) is 11.1. The molecule has 1 aliphatic carbocycles. The van der Waals surface area contributed by atoms with Gasteiger partial charge in [0.25, 0.3) is 0 Å². The standard InChI is InChI=1S/C14H22O/c1-3-5-6-8-13-11-12(7-4-2)9-10-14(13)15/h12-13H,4,6-11H2,1-2H3. The Balaban J connectivity index is 2.37. The monoisotopic (exact) mass is 206 g/mol. The lowest BCUT2D eigenvalue weighted by molar-refractivity contribution is -0.125. The minimum absolute atomic E-state index is 0.316. The van der Waals surface area contributed by atoms with Crippen LogP contribution in [0.15, 0.2) is 0 Å². The molecule has 0 spiro atoms. The first kappa shape index (κ1) is 12.3. The van der Waals surface area contributed by atoms with Gasteiger partial charge in [-0.1, -0.05) is 19.8 Å². The van der Waals surface area contributed by atoms with Gasteiger partial charge in [0.2, 0.25) is 0 Å². The molecule has 2 atom stereocenters. The molecule has 1 rings (SSSR count). The van der Waals surface area contributed by atoms with E-state index in [-0.39, 0.29) is 0 Å². The Morgan fingerprint density at radius 2 is 2.20 bits per heavy atom. The van der Waals surface area contributed by atoms with Gasteiger partial charge in [-0.05, 0) is 32.1 Å². The number of rotatable bonds is 4. The molecule has 15 heavy (non-hydrogen) atoms. The summed E-state index contributed by atoms with van der Waals surface area (Å²) in [7, 11) is 0. The normalized spacial score (nSPS) is 25.9. The predicted octanol–water partition coefficient (Wildman–Crippen LogP) is 3.58. The van der Waals surface area contributed by atoms with E-state index in [0.717, 1.165) is 38.0 Å². The minimum Gasteiger partial charge on any atom is -0.299 e. The molecule has 0 radical (unpaired) electrons. The molecule has 0 aromatic carbocycles. The fourth-order valence-corrected chi connectivity index (χ4v) is 2.52. The van der Waals surface area contributed by atoms with Crippen molar-refractivity contribution >= 4 is 5.78 Å². The molecule has 0 aromatic heterocycles. The van der Waals surface area contributed by atoms with E-state index in [1.165, 1.54) is 12.8 Å². The first-order valence-electron chi connectivity index (χ1n) is 6.20. The van der Waals surface area contributed by atoms with Crippen LogP contribution < -0.4 is 0 Å².